The molecule has 1 aromatic carbocycles. The highest BCUT2D eigenvalue weighted by Gasteiger charge is 2.16. The van der Waals surface area contributed by atoms with Gasteiger partial charge >= 0.3 is 5.97 Å². The number of benzene rings is 1. The van der Waals surface area contributed by atoms with E-state index in [0.717, 1.165) is 21.5 Å². The number of halogens is 1. The van der Waals surface area contributed by atoms with E-state index < -0.39 is 5.97 Å². The van der Waals surface area contributed by atoms with E-state index in [9.17, 15) is 4.79 Å². The lowest BCUT2D eigenvalue weighted by atomic mass is 10.2. The number of ether oxygens (including phenoxy) is 1. The Morgan fingerprint density at radius 2 is 2.14 bits per heavy atom. The molecule has 0 unspecified atom stereocenters. The quantitative estimate of drug-likeness (QED) is 0.765. The zero-order valence-corrected chi connectivity index (χ0v) is 13.4. The van der Waals surface area contributed by atoms with E-state index in [0.29, 0.717) is 16.0 Å². The van der Waals surface area contributed by atoms with Crippen LogP contribution in [0.25, 0.3) is 10.2 Å². The van der Waals surface area contributed by atoms with Gasteiger partial charge in [-0.3, -0.25) is 0 Å². The highest BCUT2D eigenvalue weighted by molar-refractivity contribution is 9.10. The van der Waals surface area contributed by atoms with Crippen LogP contribution in [0.1, 0.15) is 15.2 Å². The zero-order chi connectivity index (χ0) is 15.0. The molecule has 0 spiro atoms. The number of nitrogens with zero attached hydrogens (tertiary/aromatic N) is 2. The Kier molecular flexibility index (Phi) is 3.69. The largest absolute Gasteiger partial charge is 0.497 e. The highest BCUT2D eigenvalue weighted by atomic mass is 79.9. The Morgan fingerprint density at radius 1 is 1.43 bits per heavy atom. The van der Waals surface area contributed by atoms with E-state index >= 15 is 0 Å². The third kappa shape index (κ3) is 2.66. The van der Waals surface area contributed by atoms with Crippen LogP contribution in [0, 0.1) is 0 Å². The number of rotatable bonds is 4. The molecule has 21 heavy (non-hydrogen) atoms. The molecule has 1 N–H and O–H groups in total. The lowest BCUT2D eigenvalue weighted by molar-refractivity contribution is 0.0702. The molecule has 3 rings (SSSR count). The number of fused-ring (bicyclic) bond motifs is 1. The Hall–Kier alpha value is -1.86. The molecule has 0 bridgehead atoms. The molecule has 0 fully saturated rings. The molecule has 2 heterocycles. The summed E-state index contributed by atoms with van der Waals surface area (Å²) in [5, 5.41) is 14.3. The third-order valence-electron chi connectivity index (χ3n) is 3.08. The Balaban J connectivity index is 1.97. The van der Waals surface area contributed by atoms with Crippen molar-refractivity contribution in [2.45, 2.75) is 6.54 Å². The van der Waals surface area contributed by atoms with Crippen LogP contribution in [-0.2, 0) is 6.54 Å². The summed E-state index contributed by atoms with van der Waals surface area (Å²) in [5.41, 5.74) is 1.07. The molecule has 0 aliphatic carbocycles. The molecular weight excluding hydrogens is 356 g/mol. The smallest absolute Gasteiger partial charge is 0.345 e. The number of carbonyl (C=O) groups is 1. The maximum atomic E-state index is 11.1. The second-order valence-corrected chi connectivity index (χ2v) is 6.21. The molecule has 7 heteroatoms. The highest BCUT2D eigenvalue weighted by Crippen LogP contribution is 2.31. The van der Waals surface area contributed by atoms with Crippen molar-refractivity contribution in [1.82, 2.24) is 9.78 Å². The van der Waals surface area contributed by atoms with Crippen LogP contribution in [0.2, 0.25) is 0 Å². The molecule has 0 atom stereocenters. The van der Waals surface area contributed by atoms with Crippen molar-refractivity contribution in [3.8, 4) is 5.75 Å². The van der Waals surface area contributed by atoms with E-state index in [1.54, 1.807) is 17.9 Å². The summed E-state index contributed by atoms with van der Waals surface area (Å²) in [7, 11) is 1.63. The van der Waals surface area contributed by atoms with Crippen molar-refractivity contribution >= 4 is 43.5 Å². The minimum absolute atomic E-state index is 0.312. The maximum absolute atomic E-state index is 11.1. The van der Waals surface area contributed by atoms with Crippen molar-refractivity contribution in [2.24, 2.45) is 0 Å². The molecule has 0 radical (unpaired) electrons. The number of aromatic carboxylic acids is 1. The minimum atomic E-state index is -0.918. The van der Waals surface area contributed by atoms with Crippen molar-refractivity contribution in [1.29, 1.82) is 0 Å². The third-order valence-corrected chi connectivity index (χ3v) is 4.80. The van der Waals surface area contributed by atoms with Gasteiger partial charge in [-0.2, -0.15) is 5.10 Å². The monoisotopic (exact) mass is 366 g/mol. The van der Waals surface area contributed by atoms with Crippen molar-refractivity contribution < 1.29 is 14.6 Å². The number of aromatic nitrogens is 2. The van der Waals surface area contributed by atoms with E-state index in [1.165, 1.54) is 11.3 Å². The molecule has 3 aromatic rings. The number of hydrogen-bond donors (Lipinski definition) is 1. The summed E-state index contributed by atoms with van der Waals surface area (Å²) in [4.78, 5) is 12.2. The summed E-state index contributed by atoms with van der Waals surface area (Å²) >= 11 is 4.60. The summed E-state index contributed by atoms with van der Waals surface area (Å²) in [6.07, 6.45) is 0. The minimum Gasteiger partial charge on any atom is -0.497 e. The summed E-state index contributed by atoms with van der Waals surface area (Å²) in [6.45, 7) is 0.575. The second-order valence-electron chi connectivity index (χ2n) is 4.43. The van der Waals surface area contributed by atoms with Crippen LogP contribution in [0.3, 0.4) is 0 Å². The molecule has 0 amide bonds. The molecule has 0 aliphatic heterocycles. The lowest BCUT2D eigenvalue weighted by Crippen LogP contribution is -2.01. The molecule has 0 saturated heterocycles. The van der Waals surface area contributed by atoms with Gasteiger partial charge < -0.3 is 9.84 Å². The second kappa shape index (κ2) is 5.50. The van der Waals surface area contributed by atoms with E-state index in [2.05, 4.69) is 21.0 Å². The SMILES string of the molecule is COc1ccc(Cn2nc(Br)c3cc(C(=O)O)sc32)cc1. The van der Waals surface area contributed by atoms with Gasteiger partial charge in [0.15, 0.2) is 0 Å². The van der Waals surface area contributed by atoms with Crippen LogP contribution in [0.4, 0.5) is 0 Å². The molecule has 0 aliphatic rings. The summed E-state index contributed by atoms with van der Waals surface area (Å²) in [5.74, 6) is -0.117. The fourth-order valence-corrected chi connectivity index (χ4v) is 3.62. The predicted octanol–water partition coefficient (Wildman–Crippen LogP) is 3.62. The van der Waals surface area contributed by atoms with Crippen molar-refractivity contribution in [3.05, 3.63) is 45.4 Å². The number of carboxylic acid groups (broad SMARTS) is 1. The first-order valence-corrected chi connectivity index (χ1v) is 7.71. The van der Waals surface area contributed by atoms with Crippen LogP contribution >= 0.6 is 27.3 Å². The van der Waals surface area contributed by atoms with Gasteiger partial charge in [0, 0.05) is 5.39 Å². The van der Waals surface area contributed by atoms with Crippen LogP contribution in [0.5, 0.6) is 5.75 Å². The normalized spacial score (nSPS) is 11.0. The number of carboxylic acids is 1. The predicted molar refractivity (Wildman–Crippen MR) is 84.4 cm³/mol. The number of thiophene rings is 1. The van der Waals surface area contributed by atoms with E-state index in [1.807, 2.05) is 24.3 Å². The molecule has 0 saturated carbocycles. The van der Waals surface area contributed by atoms with Gasteiger partial charge in [-0.05, 0) is 39.7 Å². The fourth-order valence-electron chi connectivity index (χ4n) is 2.04. The fraction of sp³-hybridized carbons (Fsp3) is 0.143. The van der Waals surface area contributed by atoms with E-state index in [4.69, 9.17) is 9.84 Å². The van der Waals surface area contributed by atoms with E-state index in [-0.39, 0.29) is 0 Å². The number of methoxy groups -OCH3 is 1. The average Bonchev–Trinajstić information content (AvgIpc) is 3.02. The molecule has 5 nitrogen and oxygen atoms in total. The molecule has 2 aromatic heterocycles. The summed E-state index contributed by atoms with van der Waals surface area (Å²) in [6, 6.07) is 9.35. The first-order chi connectivity index (χ1) is 10.1. The lowest BCUT2D eigenvalue weighted by Gasteiger charge is -2.04. The molecule has 108 valence electrons. The van der Waals surface area contributed by atoms with Crippen LogP contribution in [0.15, 0.2) is 34.9 Å². The Morgan fingerprint density at radius 3 is 2.76 bits per heavy atom. The topological polar surface area (TPSA) is 64.4 Å². The van der Waals surface area contributed by atoms with Gasteiger partial charge in [-0.1, -0.05) is 12.1 Å². The van der Waals surface area contributed by atoms with Gasteiger partial charge in [-0.25, -0.2) is 9.48 Å². The standard InChI is InChI=1S/C14H11BrN2O3S/c1-20-9-4-2-8(3-5-9)7-17-13-10(12(15)16-17)6-11(21-13)14(18)19/h2-6H,7H2,1H3,(H,18,19). The Labute approximate surface area is 132 Å². The first kappa shape index (κ1) is 14.1. The van der Waals surface area contributed by atoms with Crippen molar-refractivity contribution in [2.75, 3.05) is 7.11 Å². The first-order valence-electron chi connectivity index (χ1n) is 6.10. The maximum Gasteiger partial charge on any atom is 0.345 e. The van der Waals surface area contributed by atoms with Crippen molar-refractivity contribution in [3.63, 3.8) is 0 Å². The van der Waals surface area contributed by atoms with Gasteiger partial charge in [0.1, 0.15) is 20.1 Å². The van der Waals surface area contributed by atoms with Crippen LogP contribution in [-0.4, -0.2) is 28.0 Å². The van der Waals surface area contributed by atoms with Crippen LogP contribution < -0.4 is 4.74 Å². The molecular formula is C14H11BrN2O3S. The van der Waals surface area contributed by atoms with Gasteiger partial charge in [0.2, 0.25) is 0 Å². The van der Waals surface area contributed by atoms with Gasteiger partial charge in [0.05, 0.1) is 13.7 Å². The average molecular weight is 367 g/mol. The zero-order valence-electron chi connectivity index (χ0n) is 11.0. The summed E-state index contributed by atoms with van der Waals surface area (Å²) < 4.78 is 7.60. The Bertz CT molecular complexity index is 808. The van der Waals surface area contributed by atoms with Gasteiger partial charge in [0.25, 0.3) is 0 Å². The van der Waals surface area contributed by atoms with Gasteiger partial charge in [-0.15, -0.1) is 11.3 Å². The number of hydrogen-bond acceptors (Lipinski definition) is 4.